The Hall–Kier alpha value is -1.56. The molecule has 0 N–H and O–H groups in total. The van der Waals surface area contributed by atoms with Gasteiger partial charge >= 0.3 is 0 Å². The standard InChI is InChI=1S/C14H18/c1-5-8-10-11-13(4)14(7-3)12-9-6-2/h5-12H,1,3H2,2,4H3/b9-6-,10-8-,13-11+,14-12+. The lowest BCUT2D eigenvalue weighted by Gasteiger charge is -1.98. The molecule has 0 heterocycles. The normalized spacial score (nSPS) is 13.9. The maximum Gasteiger partial charge on any atom is -0.0233 e. The fourth-order valence-electron chi connectivity index (χ4n) is 0.935. The van der Waals surface area contributed by atoms with E-state index < -0.39 is 0 Å². The Labute approximate surface area is 87.3 Å². The van der Waals surface area contributed by atoms with E-state index in [1.807, 2.05) is 49.5 Å². The summed E-state index contributed by atoms with van der Waals surface area (Å²) in [6.45, 7) is 11.4. The molecule has 0 atom stereocenters. The van der Waals surface area contributed by atoms with Gasteiger partial charge in [-0.3, -0.25) is 0 Å². The van der Waals surface area contributed by atoms with Crippen molar-refractivity contribution < 1.29 is 0 Å². The van der Waals surface area contributed by atoms with E-state index in [-0.39, 0.29) is 0 Å². The van der Waals surface area contributed by atoms with E-state index in [0.717, 1.165) is 5.57 Å². The third-order valence-corrected chi connectivity index (χ3v) is 1.74. The summed E-state index contributed by atoms with van der Waals surface area (Å²) >= 11 is 0. The third kappa shape index (κ3) is 5.15. The van der Waals surface area contributed by atoms with Crippen molar-refractivity contribution in [3.63, 3.8) is 0 Å². The first kappa shape index (κ1) is 12.4. The first-order valence-corrected chi connectivity index (χ1v) is 4.68. The second-order valence-electron chi connectivity index (χ2n) is 2.82. The van der Waals surface area contributed by atoms with Crippen LogP contribution < -0.4 is 0 Å². The summed E-state index contributed by atoms with van der Waals surface area (Å²) in [5.74, 6) is 0. The van der Waals surface area contributed by atoms with Crippen LogP contribution in [0.5, 0.6) is 0 Å². The molecule has 0 saturated heterocycles. The summed E-state index contributed by atoms with van der Waals surface area (Å²) in [5.41, 5.74) is 2.33. The monoisotopic (exact) mass is 186 g/mol. The predicted octanol–water partition coefficient (Wildman–Crippen LogP) is 4.36. The number of allylic oxidation sites excluding steroid dienone is 10. The Balaban J connectivity index is 4.68. The zero-order chi connectivity index (χ0) is 10.8. The van der Waals surface area contributed by atoms with E-state index in [1.165, 1.54) is 5.57 Å². The fourth-order valence-corrected chi connectivity index (χ4v) is 0.935. The van der Waals surface area contributed by atoms with Crippen LogP contribution in [0.3, 0.4) is 0 Å². The SMILES string of the molecule is C=C\C=C/C=C(C)/C(C=C)=C/C=C\C. The van der Waals surface area contributed by atoms with Crippen LogP contribution in [0.15, 0.2) is 72.9 Å². The van der Waals surface area contributed by atoms with Gasteiger partial charge in [0.25, 0.3) is 0 Å². The molecular weight excluding hydrogens is 168 g/mol. The van der Waals surface area contributed by atoms with Crippen LogP contribution >= 0.6 is 0 Å². The molecule has 0 unspecified atom stereocenters. The largest absolute Gasteiger partial charge is 0.0991 e. The van der Waals surface area contributed by atoms with Crippen molar-refractivity contribution in [1.29, 1.82) is 0 Å². The van der Waals surface area contributed by atoms with Crippen LogP contribution in [-0.2, 0) is 0 Å². The Morgan fingerprint density at radius 3 is 2.21 bits per heavy atom. The van der Waals surface area contributed by atoms with Crippen LogP contribution in [-0.4, -0.2) is 0 Å². The molecule has 0 fully saturated rings. The quantitative estimate of drug-likeness (QED) is 0.559. The summed E-state index contributed by atoms with van der Waals surface area (Å²) in [4.78, 5) is 0. The molecule has 0 nitrogen and oxygen atoms in total. The van der Waals surface area contributed by atoms with Crippen LogP contribution in [0.4, 0.5) is 0 Å². The van der Waals surface area contributed by atoms with Gasteiger partial charge in [-0.05, 0) is 25.0 Å². The van der Waals surface area contributed by atoms with Gasteiger partial charge in [-0.25, -0.2) is 0 Å². The van der Waals surface area contributed by atoms with E-state index in [1.54, 1.807) is 6.08 Å². The molecular formula is C14H18. The molecule has 0 aromatic rings. The van der Waals surface area contributed by atoms with Crippen molar-refractivity contribution in [3.8, 4) is 0 Å². The molecule has 0 heteroatoms. The van der Waals surface area contributed by atoms with Gasteiger partial charge in [0.05, 0.1) is 0 Å². The zero-order valence-electron chi connectivity index (χ0n) is 9.03. The lowest BCUT2D eigenvalue weighted by molar-refractivity contribution is 1.43. The first-order chi connectivity index (χ1) is 6.76. The molecule has 0 spiro atoms. The van der Waals surface area contributed by atoms with E-state index in [9.17, 15) is 0 Å². The Kier molecular flexibility index (Phi) is 7.16. The highest BCUT2D eigenvalue weighted by Crippen LogP contribution is 2.10. The van der Waals surface area contributed by atoms with Crippen molar-refractivity contribution in [3.05, 3.63) is 72.9 Å². The fraction of sp³-hybridized carbons (Fsp3) is 0.143. The Morgan fingerprint density at radius 1 is 1.00 bits per heavy atom. The second-order valence-corrected chi connectivity index (χ2v) is 2.82. The highest BCUT2D eigenvalue weighted by atomic mass is 14.0. The van der Waals surface area contributed by atoms with Crippen LogP contribution in [0.2, 0.25) is 0 Å². The van der Waals surface area contributed by atoms with Gasteiger partial charge < -0.3 is 0 Å². The van der Waals surface area contributed by atoms with Crippen molar-refractivity contribution in [2.75, 3.05) is 0 Å². The summed E-state index contributed by atoms with van der Waals surface area (Å²) in [7, 11) is 0. The van der Waals surface area contributed by atoms with Gasteiger partial charge in [-0.1, -0.05) is 61.8 Å². The zero-order valence-corrected chi connectivity index (χ0v) is 9.03. The van der Waals surface area contributed by atoms with Gasteiger partial charge in [-0.15, -0.1) is 0 Å². The predicted molar refractivity (Wildman–Crippen MR) is 66.2 cm³/mol. The molecule has 0 aliphatic carbocycles. The average Bonchev–Trinajstić information content (AvgIpc) is 2.19. The number of rotatable bonds is 5. The van der Waals surface area contributed by atoms with Crippen molar-refractivity contribution in [2.45, 2.75) is 13.8 Å². The van der Waals surface area contributed by atoms with Crippen LogP contribution in [0.1, 0.15) is 13.8 Å². The third-order valence-electron chi connectivity index (χ3n) is 1.74. The first-order valence-electron chi connectivity index (χ1n) is 4.68. The summed E-state index contributed by atoms with van der Waals surface area (Å²) < 4.78 is 0. The summed E-state index contributed by atoms with van der Waals surface area (Å²) in [5, 5.41) is 0. The van der Waals surface area contributed by atoms with Gasteiger partial charge in [0.2, 0.25) is 0 Å². The maximum absolute atomic E-state index is 3.78. The van der Waals surface area contributed by atoms with Crippen molar-refractivity contribution >= 4 is 0 Å². The van der Waals surface area contributed by atoms with Gasteiger partial charge in [-0.2, -0.15) is 0 Å². The van der Waals surface area contributed by atoms with Gasteiger partial charge in [0, 0.05) is 0 Å². The van der Waals surface area contributed by atoms with Crippen molar-refractivity contribution in [1.82, 2.24) is 0 Å². The minimum Gasteiger partial charge on any atom is -0.0991 e. The van der Waals surface area contributed by atoms with Crippen LogP contribution in [0.25, 0.3) is 0 Å². The van der Waals surface area contributed by atoms with Gasteiger partial charge in [0.1, 0.15) is 0 Å². The van der Waals surface area contributed by atoms with Gasteiger partial charge in [0.15, 0.2) is 0 Å². The summed E-state index contributed by atoms with van der Waals surface area (Å²) in [6, 6.07) is 0. The Morgan fingerprint density at radius 2 is 1.71 bits per heavy atom. The second kappa shape index (κ2) is 8.06. The average molecular weight is 186 g/mol. The molecule has 14 heavy (non-hydrogen) atoms. The lowest BCUT2D eigenvalue weighted by Crippen LogP contribution is -1.78. The maximum atomic E-state index is 3.78. The highest BCUT2D eigenvalue weighted by molar-refractivity contribution is 5.41. The molecule has 0 aliphatic heterocycles. The molecule has 0 aliphatic rings. The molecule has 74 valence electrons. The minimum absolute atomic E-state index is 1.14. The molecule has 0 radical (unpaired) electrons. The molecule has 0 saturated carbocycles. The van der Waals surface area contributed by atoms with E-state index in [2.05, 4.69) is 20.1 Å². The van der Waals surface area contributed by atoms with E-state index in [0.29, 0.717) is 0 Å². The van der Waals surface area contributed by atoms with Crippen molar-refractivity contribution in [2.24, 2.45) is 0 Å². The molecule has 0 bridgehead atoms. The number of hydrogen-bond acceptors (Lipinski definition) is 0. The minimum atomic E-state index is 1.14. The lowest BCUT2D eigenvalue weighted by atomic mass is 10.1. The smallest absolute Gasteiger partial charge is 0.0233 e. The number of hydrogen-bond donors (Lipinski definition) is 0. The molecule has 0 aromatic heterocycles. The van der Waals surface area contributed by atoms with E-state index in [4.69, 9.17) is 0 Å². The molecule has 0 amide bonds. The summed E-state index contributed by atoms with van der Waals surface area (Å²) in [6.07, 6.45) is 15.6. The molecule has 0 aromatic carbocycles. The van der Waals surface area contributed by atoms with E-state index >= 15 is 0 Å². The topological polar surface area (TPSA) is 0 Å². The van der Waals surface area contributed by atoms with Crippen LogP contribution in [0, 0.1) is 0 Å². The Bertz CT molecular complexity index is 296. The molecule has 0 rings (SSSR count). The highest BCUT2D eigenvalue weighted by Gasteiger charge is 1.90.